The summed E-state index contributed by atoms with van der Waals surface area (Å²) in [5.74, 6) is -0.0474. The molecule has 172 valence electrons. The second-order valence-corrected chi connectivity index (χ2v) is 10.0. The van der Waals surface area contributed by atoms with Gasteiger partial charge in [-0.3, -0.25) is 9.69 Å². The molecule has 1 aliphatic rings. The Labute approximate surface area is 208 Å². The van der Waals surface area contributed by atoms with Crippen LogP contribution in [0.5, 0.6) is 0 Å². The van der Waals surface area contributed by atoms with Crippen molar-refractivity contribution in [1.82, 2.24) is 9.88 Å². The smallest absolute Gasteiger partial charge is 0.205 e. The Bertz CT molecular complexity index is 1510. The van der Waals surface area contributed by atoms with Crippen LogP contribution in [0.2, 0.25) is 0 Å². The molecular formula is C30H25N3OS. The van der Waals surface area contributed by atoms with Gasteiger partial charge in [-0.2, -0.15) is 0 Å². The van der Waals surface area contributed by atoms with Crippen LogP contribution in [0, 0.1) is 0 Å². The summed E-state index contributed by atoms with van der Waals surface area (Å²) in [4.78, 5) is 22.1. The summed E-state index contributed by atoms with van der Waals surface area (Å²) in [5.41, 5.74) is 13.6. The average molecular weight is 476 g/mol. The molecule has 0 fully saturated rings. The van der Waals surface area contributed by atoms with Gasteiger partial charge in [-0.25, -0.2) is 4.98 Å². The monoisotopic (exact) mass is 475 g/mol. The van der Waals surface area contributed by atoms with Crippen LogP contribution in [0.25, 0.3) is 21.3 Å². The zero-order valence-corrected chi connectivity index (χ0v) is 20.1. The first kappa shape index (κ1) is 21.7. The van der Waals surface area contributed by atoms with Gasteiger partial charge in [-0.05, 0) is 28.3 Å². The molecule has 2 aromatic heterocycles. The fourth-order valence-corrected chi connectivity index (χ4v) is 5.84. The Morgan fingerprint density at radius 2 is 1.60 bits per heavy atom. The molecule has 3 aromatic carbocycles. The number of benzene rings is 3. The highest BCUT2D eigenvalue weighted by molar-refractivity contribution is 7.21. The quantitative estimate of drug-likeness (QED) is 0.302. The summed E-state index contributed by atoms with van der Waals surface area (Å²) in [6.07, 6.45) is 0.903. The lowest BCUT2D eigenvalue weighted by molar-refractivity contribution is 0.104. The standard InChI is InChI=1S/C30H25N3OS/c31-27-25-17-24-19-33(18-20-7-3-1-4-8-20)16-15-26(24)32-30(25)35-29(27)28(34)23-13-11-22(12-14-23)21-9-5-2-6-10-21/h1-14,17H,15-16,18-19,31H2. The van der Waals surface area contributed by atoms with Crippen molar-refractivity contribution in [3.63, 3.8) is 0 Å². The van der Waals surface area contributed by atoms with E-state index >= 15 is 0 Å². The highest BCUT2D eigenvalue weighted by Crippen LogP contribution is 2.36. The number of pyridine rings is 1. The van der Waals surface area contributed by atoms with E-state index in [0.717, 1.165) is 53.1 Å². The van der Waals surface area contributed by atoms with Crippen molar-refractivity contribution in [2.24, 2.45) is 0 Å². The van der Waals surface area contributed by atoms with Crippen molar-refractivity contribution in [1.29, 1.82) is 0 Å². The van der Waals surface area contributed by atoms with E-state index in [9.17, 15) is 4.79 Å². The molecule has 6 rings (SSSR count). The van der Waals surface area contributed by atoms with Crippen molar-refractivity contribution < 1.29 is 4.79 Å². The number of hydrogen-bond acceptors (Lipinski definition) is 5. The number of rotatable bonds is 5. The van der Waals surface area contributed by atoms with E-state index in [4.69, 9.17) is 10.7 Å². The van der Waals surface area contributed by atoms with Crippen LogP contribution in [-0.4, -0.2) is 22.2 Å². The van der Waals surface area contributed by atoms with E-state index < -0.39 is 0 Å². The van der Waals surface area contributed by atoms with Gasteiger partial charge >= 0.3 is 0 Å². The lowest BCUT2D eigenvalue weighted by atomic mass is 10.0. The molecule has 2 N–H and O–H groups in total. The van der Waals surface area contributed by atoms with Crippen LogP contribution in [0.1, 0.15) is 32.1 Å². The molecule has 0 atom stereocenters. The molecule has 35 heavy (non-hydrogen) atoms. The number of nitrogens with zero attached hydrogens (tertiary/aromatic N) is 2. The first-order valence-electron chi connectivity index (χ1n) is 11.8. The number of anilines is 1. The van der Waals surface area contributed by atoms with E-state index in [-0.39, 0.29) is 5.78 Å². The number of carbonyl (C=O) groups excluding carboxylic acids is 1. The Morgan fingerprint density at radius 3 is 2.34 bits per heavy atom. The van der Waals surface area contributed by atoms with Crippen LogP contribution in [0.3, 0.4) is 0 Å². The number of fused-ring (bicyclic) bond motifs is 2. The third-order valence-electron chi connectivity index (χ3n) is 6.66. The van der Waals surface area contributed by atoms with Crippen LogP contribution < -0.4 is 5.73 Å². The third kappa shape index (κ3) is 4.25. The minimum Gasteiger partial charge on any atom is -0.397 e. The van der Waals surface area contributed by atoms with Gasteiger partial charge < -0.3 is 5.73 Å². The van der Waals surface area contributed by atoms with Crippen LogP contribution in [-0.2, 0) is 19.5 Å². The fourth-order valence-electron chi connectivity index (χ4n) is 4.78. The normalized spacial score (nSPS) is 13.6. The van der Waals surface area contributed by atoms with Gasteiger partial charge in [0.1, 0.15) is 9.71 Å². The lowest BCUT2D eigenvalue weighted by Gasteiger charge is -2.28. The molecular weight excluding hydrogens is 450 g/mol. The summed E-state index contributed by atoms with van der Waals surface area (Å²) in [6, 6.07) is 30.6. The van der Waals surface area contributed by atoms with Crippen molar-refractivity contribution >= 4 is 33.0 Å². The number of nitrogens with two attached hydrogens (primary N) is 1. The van der Waals surface area contributed by atoms with E-state index in [1.54, 1.807) is 0 Å². The number of aromatic nitrogens is 1. The second kappa shape index (κ2) is 9.10. The predicted molar refractivity (Wildman–Crippen MR) is 144 cm³/mol. The zero-order chi connectivity index (χ0) is 23.8. The number of hydrogen-bond donors (Lipinski definition) is 1. The third-order valence-corrected chi connectivity index (χ3v) is 7.77. The molecule has 0 spiro atoms. The molecule has 0 bridgehead atoms. The first-order chi connectivity index (χ1) is 17.2. The van der Waals surface area contributed by atoms with E-state index in [1.807, 2.05) is 48.5 Å². The number of nitrogen functional groups attached to an aromatic ring is 1. The Balaban J connectivity index is 1.27. The molecule has 0 unspecified atom stereocenters. The van der Waals surface area contributed by atoms with Crippen molar-refractivity contribution in [3.05, 3.63) is 118 Å². The van der Waals surface area contributed by atoms with Crippen LogP contribution in [0.4, 0.5) is 5.69 Å². The topological polar surface area (TPSA) is 59.2 Å². The lowest BCUT2D eigenvalue weighted by Crippen LogP contribution is -2.30. The second-order valence-electron chi connectivity index (χ2n) is 9.01. The van der Waals surface area contributed by atoms with Crippen LogP contribution >= 0.6 is 11.3 Å². The van der Waals surface area contributed by atoms with Gasteiger partial charge in [0.25, 0.3) is 0 Å². The van der Waals surface area contributed by atoms with E-state index in [1.165, 1.54) is 22.5 Å². The maximum atomic E-state index is 13.4. The summed E-state index contributed by atoms with van der Waals surface area (Å²) < 4.78 is 0. The molecule has 5 aromatic rings. The Morgan fingerprint density at radius 1 is 0.914 bits per heavy atom. The van der Waals surface area contributed by atoms with Gasteiger partial charge in [-0.15, -0.1) is 11.3 Å². The van der Waals surface area contributed by atoms with E-state index in [0.29, 0.717) is 16.1 Å². The molecule has 1 aliphatic heterocycles. The van der Waals surface area contributed by atoms with Crippen molar-refractivity contribution in [2.45, 2.75) is 19.5 Å². The SMILES string of the molecule is Nc1c(C(=O)c2ccc(-c3ccccc3)cc2)sc2nc3c(cc12)CN(Cc1ccccc1)CC3. The van der Waals surface area contributed by atoms with Gasteiger partial charge in [0.15, 0.2) is 0 Å². The maximum Gasteiger partial charge on any atom is 0.205 e. The van der Waals surface area contributed by atoms with Crippen LogP contribution in [0.15, 0.2) is 91.0 Å². The molecule has 0 amide bonds. The first-order valence-corrected chi connectivity index (χ1v) is 12.6. The summed E-state index contributed by atoms with van der Waals surface area (Å²) in [6.45, 7) is 2.73. The number of thiophene rings is 1. The largest absolute Gasteiger partial charge is 0.397 e. The summed E-state index contributed by atoms with van der Waals surface area (Å²) in [7, 11) is 0. The fraction of sp³-hybridized carbons (Fsp3) is 0.133. The van der Waals surface area contributed by atoms with Crippen molar-refractivity contribution in [2.75, 3.05) is 12.3 Å². The van der Waals surface area contributed by atoms with Gasteiger partial charge in [0.2, 0.25) is 5.78 Å². The molecule has 0 saturated carbocycles. The van der Waals surface area contributed by atoms with Gasteiger partial charge in [-0.1, -0.05) is 84.9 Å². The molecule has 4 nitrogen and oxygen atoms in total. The number of ketones is 1. The molecule has 0 radical (unpaired) electrons. The van der Waals surface area contributed by atoms with E-state index in [2.05, 4.69) is 47.4 Å². The zero-order valence-electron chi connectivity index (χ0n) is 19.3. The van der Waals surface area contributed by atoms with Gasteiger partial charge in [0, 0.05) is 42.7 Å². The Hall–Kier alpha value is -3.80. The molecule has 0 saturated heterocycles. The highest BCUT2D eigenvalue weighted by atomic mass is 32.1. The minimum atomic E-state index is -0.0474. The predicted octanol–water partition coefficient (Wildman–Crippen LogP) is 6.33. The summed E-state index contributed by atoms with van der Waals surface area (Å²) in [5, 5.41) is 0.888. The molecule has 0 aliphatic carbocycles. The Kier molecular flexibility index (Phi) is 5.64. The number of carbonyl (C=O) groups is 1. The summed E-state index contributed by atoms with van der Waals surface area (Å²) >= 11 is 1.40. The molecule has 5 heteroatoms. The highest BCUT2D eigenvalue weighted by Gasteiger charge is 2.23. The molecule has 3 heterocycles. The minimum absolute atomic E-state index is 0.0474. The average Bonchev–Trinajstić information content (AvgIpc) is 3.23. The van der Waals surface area contributed by atoms with Gasteiger partial charge in [0.05, 0.1) is 5.69 Å². The maximum absolute atomic E-state index is 13.4. The van der Waals surface area contributed by atoms with Crippen molar-refractivity contribution in [3.8, 4) is 11.1 Å².